The lowest BCUT2D eigenvalue weighted by molar-refractivity contribution is -0.142. The van der Waals surface area contributed by atoms with Gasteiger partial charge in [-0.15, -0.1) is 0 Å². The van der Waals surface area contributed by atoms with E-state index in [4.69, 9.17) is 9.84 Å². The van der Waals surface area contributed by atoms with Crippen molar-refractivity contribution in [3.05, 3.63) is 0 Å². The Hall–Kier alpha value is -0.160. The van der Waals surface area contributed by atoms with E-state index in [1.807, 2.05) is 0 Å². The molecular formula is C8H12O4. The molecule has 68 valence electrons. The Morgan fingerprint density at radius 3 is 2.58 bits per heavy atom. The zero-order valence-electron chi connectivity index (χ0n) is 6.60. The first-order chi connectivity index (χ1) is 5.55. The molecule has 4 heteroatoms. The fourth-order valence-electron chi connectivity index (χ4n) is 2.85. The van der Waals surface area contributed by atoms with Gasteiger partial charge in [0.05, 0.1) is 11.2 Å². The van der Waals surface area contributed by atoms with E-state index in [1.54, 1.807) is 0 Å². The van der Waals surface area contributed by atoms with Crippen molar-refractivity contribution in [3.63, 3.8) is 0 Å². The molecule has 3 rings (SSSR count). The van der Waals surface area contributed by atoms with Crippen LogP contribution in [-0.4, -0.2) is 38.9 Å². The Morgan fingerprint density at radius 1 is 1.17 bits per heavy atom. The van der Waals surface area contributed by atoms with Crippen molar-refractivity contribution < 1.29 is 20.1 Å². The van der Waals surface area contributed by atoms with Crippen molar-refractivity contribution in [1.82, 2.24) is 0 Å². The molecule has 0 bridgehead atoms. The van der Waals surface area contributed by atoms with Crippen molar-refractivity contribution in [2.45, 2.75) is 42.9 Å². The summed E-state index contributed by atoms with van der Waals surface area (Å²) in [6, 6.07) is 0. The highest BCUT2D eigenvalue weighted by molar-refractivity contribution is 5.24. The minimum atomic E-state index is -0.961. The number of aliphatic hydroxyl groups is 3. The van der Waals surface area contributed by atoms with Crippen LogP contribution >= 0.6 is 0 Å². The minimum absolute atomic E-state index is 0.194. The molecule has 1 aliphatic heterocycles. The molecule has 5 atom stereocenters. The summed E-state index contributed by atoms with van der Waals surface area (Å²) < 4.78 is 5.10. The summed E-state index contributed by atoms with van der Waals surface area (Å²) in [6.45, 7) is 0. The average molecular weight is 172 g/mol. The van der Waals surface area contributed by atoms with E-state index < -0.39 is 23.6 Å². The smallest absolute Gasteiger partial charge is 0.158 e. The zero-order chi connectivity index (χ0) is 8.56. The van der Waals surface area contributed by atoms with Crippen LogP contribution in [0.15, 0.2) is 0 Å². The van der Waals surface area contributed by atoms with Gasteiger partial charge in [-0.25, -0.2) is 0 Å². The Morgan fingerprint density at radius 2 is 1.92 bits per heavy atom. The quantitative estimate of drug-likeness (QED) is 0.437. The second kappa shape index (κ2) is 1.70. The molecule has 0 aromatic heterocycles. The topological polar surface area (TPSA) is 69.9 Å². The largest absolute Gasteiger partial charge is 0.387 e. The van der Waals surface area contributed by atoms with Crippen LogP contribution in [0.25, 0.3) is 0 Å². The average Bonchev–Trinajstić information content (AvgIpc) is 2.35. The summed E-state index contributed by atoms with van der Waals surface area (Å²) >= 11 is 0. The highest BCUT2D eigenvalue weighted by Crippen LogP contribution is 2.63. The van der Waals surface area contributed by atoms with E-state index in [2.05, 4.69) is 0 Å². The van der Waals surface area contributed by atoms with Crippen molar-refractivity contribution >= 4 is 0 Å². The van der Waals surface area contributed by atoms with E-state index in [0.29, 0.717) is 12.8 Å². The van der Waals surface area contributed by atoms with Gasteiger partial charge in [-0.1, -0.05) is 0 Å². The van der Waals surface area contributed by atoms with Crippen molar-refractivity contribution in [1.29, 1.82) is 0 Å². The molecule has 4 nitrogen and oxygen atoms in total. The molecule has 1 unspecified atom stereocenters. The van der Waals surface area contributed by atoms with Gasteiger partial charge in [-0.3, -0.25) is 0 Å². The number of hydrogen-bond donors (Lipinski definition) is 3. The molecule has 2 aliphatic carbocycles. The molecule has 3 fully saturated rings. The number of ether oxygens (including phenoxy) is 1. The monoisotopic (exact) mass is 172 g/mol. The van der Waals surface area contributed by atoms with Crippen LogP contribution < -0.4 is 0 Å². The second-order valence-electron chi connectivity index (χ2n) is 4.37. The SMILES string of the molecule is O[C@H]1CC2(O)C[C@H]3C[C@]3(O)[C@H]2O1. The van der Waals surface area contributed by atoms with Crippen LogP contribution in [0, 0.1) is 5.92 Å². The second-order valence-corrected chi connectivity index (χ2v) is 4.37. The van der Waals surface area contributed by atoms with E-state index in [1.165, 1.54) is 0 Å². The molecule has 2 saturated carbocycles. The predicted octanol–water partition coefficient (Wildman–Crippen LogP) is -1.02. The number of hydrogen-bond acceptors (Lipinski definition) is 4. The molecule has 0 aromatic carbocycles. The normalized spacial score (nSPS) is 67.8. The predicted molar refractivity (Wildman–Crippen MR) is 38.1 cm³/mol. The molecule has 3 N–H and O–H groups in total. The standard InChI is InChI=1S/C8H12O4/c9-5-3-7(10)1-4-2-8(4,11)6(7)12-5/h4-6,9-11H,1-3H2/t4-,5+,6-,7?,8+/m0/s1. The first kappa shape index (κ1) is 7.26. The Bertz CT molecular complexity index is 243. The van der Waals surface area contributed by atoms with Gasteiger partial charge < -0.3 is 20.1 Å². The summed E-state index contributed by atoms with van der Waals surface area (Å²) in [6.07, 6.45) is 0.0876. The molecule has 1 saturated heterocycles. The Labute approximate surface area is 69.8 Å². The van der Waals surface area contributed by atoms with E-state index >= 15 is 0 Å². The van der Waals surface area contributed by atoms with Gasteiger partial charge in [0.1, 0.15) is 6.10 Å². The highest BCUT2D eigenvalue weighted by Gasteiger charge is 2.74. The lowest BCUT2D eigenvalue weighted by atomic mass is 9.93. The van der Waals surface area contributed by atoms with Gasteiger partial charge in [-0.2, -0.15) is 0 Å². The van der Waals surface area contributed by atoms with Gasteiger partial charge in [0, 0.05) is 6.42 Å². The first-order valence-electron chi connectivity index (χ1n) is 4.33. The Balaban J connectivity index is 1.95. The van der Waals surface area contributed by atoms with Crippen LogP contribution in [0.4, 0.5) is 0 Å². The molecule has 0 radical (unpaired) electrons. The maximum absolute atomic E-state index is 9.92. The van der Waals surface area contributed by atoms with Crippen LogP contribution in [0.5, 0.6) is 0 Å². The molecule has 0 amide bonds. The van der Waals surface area contributed by atoms with Gasteiger partial charge >= 0.3 is 0 Å². The number of fused-ring (bicyclic) bond motifs is 3. The first-order valence-corrected chi connectivity index (χ1v) is 4.33. The van der Waals surface area contributed by atoms with E-state index in [0.717, 1.165) is 0 Å². The fraction of sp³-hybridized carbons (Fsp3) is 1.00. The third-order valence-electron chi connectivity index (χ3n) is 3.48. The third-order valence-corrected chi connectivity index (χ3v) is 3.48. The van der Waals surface area contributed by atoms with Crippen LogP contribution in [0.3, 0.4) is 0 Å². The van der Waals surface area contributed by atoms with Gasteiger partial charge in [0.25, 0.3) is 0 Å². The van der Waals surface area contributed by atoms with Crippen LogP contribution in [0.1, 0.15) is 19.3 Å². The zero-order valence-corrected chi connectivity index (χ0v) is 6.60. The van der Waals surface area contributed by atoms with Crippen LogP contribution in [-0.2, 0) is 4.74 Å². The third kappa shape index (κ3) is 0.633. The Kier molecular flexibility index (Phi) is 1.03. The van der Waals surface area contributed by atoms with Gasteiger partial charge in [0.2, 0.25) is 0 Å². The lowest BCUT2D eigenvalue weighted by Crippen LogP contribution is -2.41. The van der Waals surface area contributed by atoms with Crippen molar-refractivity contribution in [3.8, 4) is 0 Å². The summed E-state index contributed by atoms with van der Waals surface area (Å²) in [4.78, 5) is 0. The van der Waals surface area contributed by atoms with Crippen molar-refractivity contribution in [2.75, 3.05) is 0 Å². The molecular weight excluding hydrogens is 160 g/mol. The molecule has 0 spiro atoms. The highest BCUT2D eigenvalue weighted by atomic mass is 16.6. The molecule has 12 heavy (non-hydrogen) atoms. The lowest BCUT2D eigenvalue weighted by Gasteiger charge is -2.24. The summed E-state index contributed by atoms with van der Waals surface area (Å²) in [5.41, 5.74) is -1.79. The maximum Gasteiger partial charge on any atom is 0.158 e. The summed E-state index contributed by atoms with van der Waals surface area (Å²) in [7, 11) is 0. The van der Waals surface area contributed by atoms with Crippen LogP contribution in [0.2, 0.25) is 0 Å². The fourth-order valence-corrected chi connectivity index (χ4v) is 2.85. The number of rotatable bonds is 0. The number of aliphatic hydroxyl groups excluding tert-OH is 1. The molecule has 1 heterocycles. The maximum atomic E-state index is 9.92. The summed E-state index contributed by atoms with van der Waals surface area (Å²) in [5.74, 6) is 0.194. The molecule has 0 aromatic rings. The van der Waals surface area contributed by atoms with E-state index in [-0.39, 0.29) is 12.3 Å². The van der Waals surface area contributed by atoms with Crippen molar-refractivity contribution in [2.24, 2.45) is 5.92 Å². The van der Waals surface area contributed by atoms with Gasteiger partial charge in [-0.05, 0) is 18.8 Å². The van der Waals surface area contributed by atoms with Gasteiger partial charge in [0.15, 0.2) is 6.29 Å². The molecule has 3 aliphatic rings. The van der Waals surface area contributed by atoms with E-state index in [9.17, 15) is 10.2 Å². The summed E-state index contributed by atoms with van der Waals surface area (Å²) in [5, 5.41) is 28.9. The minimum Gasteiger partial charge on any atom is -0.387 e.